The van der Waals surface area contributed by atoms with Gasteiger partial charge in [-0.25, -0.2) is 9.97 Å². The zero-order chi connectivity index (χ0) is 42.1. The molecule has 298 valence electrons. The van der Waals surface area contributed by atoms with Crippen molar-refractivity contribution < 1.29 is 0 Å². The minimum Gasteiger partial charge on any atom is -0.307 e. The number of para-hydroxylation sites is 3. The molecule has 0 amide bonds. The van der Waals surface area contributed by atoms with Crippen molar-refractivity contribution in [2.45, 2.75) is 0 Å². The minimum absolute atomic E-state index is 0.614. The molecule has 0 unspecified atom stereocenters. The number of rotatable bonds is 6. The number of hydrogen-bond donors (Lipinski definition) is 0. The van der Waals surface area contributed by atoms with Crippen LogP contribution in [0.4, 0.5) is 0 Å². The molecule has 0 fully saturated rings. The highest BCUT2D eigenvalue weighted by Gasteiger charge is 2.23. The molecule has 0 N–H and O–H groups in total. The summed E-state index contributed by atoms with van der Waals surface area (Å²) in [4.78, 5) is 11.2. The largest absolute Gasteiger partial charge is 0.307 e. The maximum absolute atomic E-state index is 5.58. The smallest absolute Gasteiger partial charge is 0.235 e. The second-order valence-electron chi connectivity index (χ2n) is 16.6. The Balaban J connectivity index is 1.09. The SMILES string of the molecule is c1ccc(-n2c3ccccc3c3ccc4c5ccccc5n(-c5nc(-c6cccc(-c7ccc8ccccc8c7)c6)cc(-c6cccc(-c7ccc8ccccc8c7)c6)n5)c4c32)cc1. The summed E-state index contributed by atoms with van der Waals surface area (Å²) in [6.07, 6.45) is 0. The average molecular weight is 815 g/mol. The van der Waals surface area contributed by atoms with Crippen LogP contribution >= 0.6 is 0 Å². The van der Waals surface area contributed by atoms with Gasteiger partial charge in [-0.15, -0.1) is 0 Å². The fraction of sp³-hybridized carbons (Fsp3) is 0. The first-order chi connectivity index (χ1) is 31.7. The van der Waals surface area contributed by atoms with Gasteiger partial charge in [0, 0.05) is 38.4 Å². The van der Waals surface area contributed by atoms with Gasteiger partial charge in [0.15, 0.2) is 0 Å². The molecular formula is C60H38N4. The van der Waals surface area contributed by atoms with E-state index >= 15 is 0 Å². The van der Waals surface area contributed by atoms with Gasteiger partial charge in [0.25, 0.3) is 0 Å². The number of nitrogens with zero attached hydrogens (tertiary/aromatic N) is 4. The van der Waals surface area contributed by atoms with Crippen molar-refractivity contribution in [1.29, 1.82) is 0 Å². The van der Waals surface area contributed by atoms with Gasteiger partial charge in [-0.3, -0.25) is 4.57 Å². The lowest BCUT2D eigenvalue weighted by molar-refractivity contribution is 0.995. The molecule has 4 heteroatoms. The third-order valence-electron chi connectivity index (χ3n) is 12.9. The van der Waals surface area contributed by atoms with E-state index in [1.807, 2.05) is 0 Å². The van der Waals surface area contributed by atoms with Crippen LogP contribution in [0.5, 0.6) is 0 Å². The maximum atomic E-state index is 5.58. The Hall–Kier alpha value is -8.60. The van der Waals surface area contributed by atoms with E-state index in [1.165, 1.54) is 32.3 Å². The van der Waals surface area contributed by atoms with Crippen LogP contribution in [0.2, 0.25) is 0 Å². The van der Waals surface area contributed by atoms with Crippen molar-refractivity contribution in [3.05, 3.63) is 231 Å². The molecule has 0 saturated heterocycles. The van der Waals surface area contributed by atoms with Crippen molar-refractivity contribution >= 4 is 65.2 Å². The Morgan fingerprint density at radius 3 is 1.27 bits per heavy atom. The van der Waals surface area contributed by atoms with E-state index in [2.05, 4.69) is 240 Å². The molecule has 0 aliphatic carbocycles. The van der Waals surface area contributed by atoms with Crippen molar-refractivity contribution in [2.75, 3.05) is 0 Å². The second kappa shape index (κ2) is 14.5. The van der Waals surface area contributed by atoms with Gasteiger partial charge < -0.3 is 4.57 Å². The van der Waals surface area contributed by atoms with Crippen LogP contribution < -0.4 is 0 Å². The molecule has 0 aliphatic rings. The standard InChI is InChI=1S/C60H38N4/c1-2-22-49(23-3-1)63-56-26-10-8-24-50(56)52-32-33-53-51-25-9-11-27-57(51)64(59(53)58(52)63)60-61-54(47-20-12-18-43(36-47)45-30-28-39-14-4-6-16-41(39)34-45)38-55(62-60)48-21-13-19-44(37-48)46-31-29-40-15-5-7-17-42(40)35-46/h1-38H. The molecule has 0 bridgehead atoms. The topological polar surface area (TPSA) is 35.6 Å². The van der Waals surface area contributed by atoms with E-state index in [1.54, 1.807) is 0 Å². The molecule has 0 aliphatic heterocycles. The Kier molecular flexibility index (Phi) is 8.18. The van der Waals surface area contributed by atoms with Gasteiger partial charge in [-0.1, -0.05) is 176 Å². The van der Waals surface area contributed by atoms with E-state index in [9.17, 15) is 0 Å². The summed E-state index contributed by atoms with van der Waals surface area (Å²) >= 11 is 0. The molecule has 4 nitrogen and oxygen atoms in total. The van der Waals surface area contributed by atoms with Crippen LogP contribution in [-0.4, -0.2) is 19.1 Å². The zero-order valence-electron chi connectivity index (χ0n) is 34.7. The molecule has 3 aromatic heterocycles. The van der Waals surface area contributed by atoms with Gasteiger partial charge in [0.1, 0.15) is 0 Å². The third kappa shape index (κ3) is 5.84. The lowest BCUT2D eigenvalue weighted by atomic mass is 9.97. The van der Waals surface area contributed by atoms with Gasteiger partial charge in [-0.2, -0.15) is 0 Å². The molecule has 64 heavy (non-hydrogen) atoms. The monoisotopic (exact) mass is 814 g/mol. The quantitative estimate of drug-likeness (QED) is 0.168. The number of hydrogen-bond acceptors (Lipinski definition) is 2. The summed E-state index contributed by atoms with van der Waals surface area (Å²) in [6, 6.07) is 82.8. The number of fused-ring (bicyclic) bond motifs is 9. The Bertz CT molecular complexity index is 3830. The highest BCUT2D eigenvalue weighted by atomic mass is 15.2. The first-order valence-electron chi connectivity index (χ1n) is 21.8. The molecule has 0 radical (unpaired) electrons. The molecular weight excluding hydrogens is 777 g/mol. The molecule has 10 aromatic carbocycles. The Morgan fingerprint density at radius 2 is 0.703 bits per heavy atom. The highest BCUT2D eigenvalue weighted by Crippen LogP contribution is 2.42. The summed E-state index contributed by atoms with van der Waals surface area (Å²) in [5.41, 5.74) is 13.8. The van der Waals surface area contributed by atoms with Gasteiger partial charge in [-0.05, 0) is 98.4 Å². The number of aromatic nitrogens is 4. The zero-order valence-corrected chi connectivity index (χ0v) is 34.7. The van der Waals surface area contributed by atoms with Crippen LogP contribution in [0, 0.1) is 0 Å². The third-order valence-corrected chi connectivity index (χ3v) is 12.9. The molecule has 13 aromatic rings. The minimum atomic E-state index is 0.614. The summed E-state index contributed by atoms with van der Waals surface area (Å²) in [5, 5.41) is 9.56. The van der Waals surface area contributed by atoms with Gasteiger partial charge in [0.2, 0.25) is 5.95 Å². The van der Waals surface area contributed by atoms with Crippen molar-refractivity contribution in [3.63, 3.8) is 0 Å². The molecule has 0 atom stereocenters. The van der Waals surface area contributed by atoms with E-state index in [0.717, 1.165) is 83.3 Å². The van der Waals surface area contributed by atoms with Gasteiger partial charge >= 0.3 is 0 Å². The van der Waals surface area contributed by atoms with Crippen molar-refractivity contribution in [1.82, 2.24) is 19.1 Å². The fourth-order valence-electron chi connectivity index (χ4n) is 9.84. The normalized spacial score (nSPS) is 11.8. The van der Waals surface area contributed by atoms with Crippen LogP contribution in [0.3, 0.4) is 0 Å². The van der Waals surface area contributed by atoms with Crippen molar-refractivity contribution in [2.24, 2.45) is 0 Å². The molecule has 0 spiro atoms. The van der Waals surface area contributed by atoms with E-state index < -0.39 is 0 Å². The maximum Gasteiger partial charge on any atom is 0.235 e. The predicted octanol–water partition coefficient (Wildman–Crippen LogP) is 15.6. The summed E-state index contributed by atoms with van der Waals surface area (Å²) in [6.45, 7) is 0. The summed E-state index contributed by atoms with van der Waals surface area (Å²) in [7, 11) is 0. The molecule has 13 rings (SSSR count). The summed E-state index contributed by atoms with van der Waals surface area (Å²) < 4.78 is 4.71. The number of benzene rings is 10. The van der Waals surface area contributed by atoms with Crippen LogP contribution in [0.25, 0.3) is 122 Å². The Morgan fingerprint density at radius 1 is 0.266 bits per heavy atom. The molecule has 0 saturated carbocycles. The average Bonchev–Trinajstić information content (AvgIpc) is 3.89. The fourth-order valence-corrected chi connectivity index (χ4v) is 9.84. The lowest BCUT2D eigenvalue weighted by Crippen LogP contribution is -2.05. The van der Waals surface area contributed by atoms with E-state index in [-0.39, 0.29) is 0 Å². The second-order valence-corrected chi connectivity index (χ2v) is 16.6. The van der Waals surface area contributed by atoms with E-state index in [0.29, 0.717) is 5.95 Å². The highest BCUT2D eigenvalue weighted by molar-refractivity contribution is 6.23. The van der Waals surface area contributed by atoms with Crippen LogP contribution in [0.1, 0.15) is 0 Å². The first kappa shape index (κ1) is 36.1. The first-order valence-corrected chi connectivity index (χ1v) is 21.8. The van der Waals surface area contributed by atoms with Crippen LogP contribution in [-0.2, 0) is 0 Å². The van der Waals surface area contributed by atoms with Gasteiger partial charge in [0.05, 0.1) is 33.5 Å². The van der Waals surface area contributed by atoms with E-state index in [4.69, 9.17) is 9.97 Å². The lowest BCUT2D eigenvalue weighted by Gasteiger charge is -2.14. The Labute approximate surface area is 369 Å². The molecule has 3 heterocycles. The van der Waals surface area contributed by atoms with Crippen LogP contribution in [0.15, 0.2) is 231 Å². The predicted molar refractivity (Wildman–Crippen MR) is 267 cm³/mol. The summed E-state index contributed by atoms with van der Waals surface area (Å²) in [5.74, 6) is 0.614. The van der Waals surface area contributed by atoms with Crippen molar-refractivity contribution in [3.8, 4) is 56.4 Å².